The molecule has 0 spiro atoms. The van der Waals surface area contributed by atoms with Crippen LogP contribution >= 0.6 is 0 Å². The Bertz CT molecular complexity index is 87.9. The lowest BCUT2D eigenvalue weighted by molar-refractivity contribution is 2.42. The molecule has 0 bridgehead atoms. The third-order valence-electron chi connectivity index (χ3n) is 0.537. The van der Waals surface area contributed by atoms with Gasteiger partial charge in [0.25, 0.3) is 0 Å². The zero-order valence-corrected chi connectivity index (χ0v) is 11.9. The monoisotopic (exact) mass is 206 g/mol. The molecule has 0 aliphatic carbocycles. The number of rotatable bonds is 0. The highest BCUT2D eigenvalue weighted by atomic mass is 28.2. The summed E-state index contributed by atoms with van der Waals surface area (Å²) >= 11 is 0. The van der Waals surface area contributed by atoms with Crippen molar-refractivity contribution in [3.63, 3.8) is 0 Å². The third kappa shape index (κ3) is 91.2. The summed E-state index contributed by atoms with van der Waals surface area (Å²) in [6.07, 6.45) is 0. The van der Waals surface area contributed by atoms with Gasteiger partial charge in [-0.1, -0.05) is 19.7 Å². The van der Waals surface area contributed by atoms with Crippen LogP contribution in [-0.2, 0) is 0 Å². The van der Waals surface area contributed by atoms with Gasteiger partial charge in [0.1, 0.15) is 0 Å². The van der Waals surface area contributed by atoms with E-state index in [9.17, 15) is 0 Å². The van der Waals surface area contributed by atoms with Gasteiger partial charge in [0.15, 0.2) is 0 Å². The van der Waals surface area contributed by atoms with Crippen LogP contribution in [0, 0.1) is 0 Å². The second-order valence-corrected chi connectivity index (χ2v) is 3.07. The maximum Gasteiger partial charge on any atom is 0.0390 e. The molecule has 0 aromatic rings. The normalized spacial score (nSPS) is 6.40. The predicted molar refractivity (Wildman–Crippen MR) is 70.7 cm³/mol. The summed E-state index contributed by atoms with van der Waals surface area (Å²) in [7, 11) is 3.58. The van der Waals surface area contributed by atoms with Gasteiger partial charge in [-0.3, -0.25) is 0 Å². The summed E-state index contributed by atoms with van der Waals surface area (Å²) < 4.78 is 0. The Morgan fingerprint density at radius 3 is 1.30 bits per heavy atom. The minimum absolute atomic E-state index is 0. The zero-order valence-electron chi connectivity index (χ0n) is 5.94. The summed E-state index contributed by atoms with van der Waals surface area (Å²) in [4.78, 5) is 0. The van der Waals surface area contributed by atoms with Crippen molar-refractivity contribution in [1.29, 1.82) is 0 Å². The molecule has 0 radical (unpaired) electrons. The van der Waals surface area contributed by atoms with Crippen molar-refractivity contribution in [2.75, 3.05) is 0 Å². The summed E-state index contributed by atoms with van der Waals surface area (Å²) in [5.41, 5.74) is 8.92. The first-order valence-corrected chi connectivity index (χ1v) is 6.17. The standard InChI is InChI=1S/C3H6Si.C2H8Si2.CH4.H4Si/c1-2-3-4;3-1-2-4;;/h3H,1H2,4H3;1-2H,3-4H3;2*1H4. The van der Waals surface area contributed by atoms with Crippen molar-refractivity contribution in [3.05, 3.63) is 29.4 Å². The first kappa shape index (κ1) is 22.5. The Morgan fingerprint density at radius 1 is 1.10 bits per heavy atom. The van der Waals surface area contributed by atoms with Crippen LogP contribution in [0.15, 0.2) is 29.4 Å². The van der Waals surface area contributed by atoms with Gasteiger partial charge >= 0.3 is 0 Å². The maximum atomic E-state index is 3.33. The zero-order chi connectivity index (χ0) is 6.83. The molecule has 0 saturated carbocycles. The highest BCUT2D eigenvalue weighted by molar-refractivity contribution is 6.25. The smallest absolute Gasteiger partial charge is 0.0390 e. The van der Waals surface area contributed by atoms with E-state index in [1.807, 2.05) is 5.70 Å². The molecule has 0 nitrogen and oxygen atoms in total. The highest BCUT2D eigenvalue weighted by Crippen LogP contribution is 1.42. The van der Waals surface area contributed by atoms with E-state index in [1.165, 1.54) is 20.5 Å². The predicted octanol–water partition coefficient (Wildman–Crippen LogP) is -2.98. The molecule has 0 aliphatic heterocycles. The van der Waals surface area contributed by atoms with Gasteiger partial charge in [-0.25, -0.2) is 0 Å². The average Bonchev–Trinajstić information content (AvgIpc) is 1.88. The minimum Gasteiger partial charge on any atom is -0.138 e. The topological polar surface area (TPSA) is 0 Å². The van der Waals surface area contributed by atoms with Crippen molar-refractivity contribution in [3.8, 4) is 0 Å². The molecule has 0 amide bonds. The SMILES string of the molecule is C.C=C=C[SiH3].[SiH3]C=C[SiH3].[SiH4]. The van der Waals surface area contributed by atoms with Crippen molar-refractivity contribution in [2.24, 2.45) is 0 Å². The summed E-state index contributed by atoms with van der Waals surface area (Å²) in [6, 6.07) is 0. The van der Waals surface area contributed by atoms with E-state index in [2.05, 4.69) is 23.7 Å². The van der Waals surface area contributed by atoms with Gasteiger partial charge < -0.3 is 0 Å². The van der Waals surface area contributed by atoms with Gasteiger partial charge in [0, 0.05) is 30.7 Å². The van der Waals surface area contributed by atoms with Gasteiger partial charge in [-0.05, 0) is 11.0 Å². The summed E-state index contributed by atoms with van der Waals surface area (Å²) in [5, 5.41) is 0. The lowest BCUT2D eigenvalue weighted by atomic mass is 11.0. The summed E-state index contributed by atoms with van der Waals surface area (Å²) in [5.74, 6) is 0. The largest absolute Gasteiger partial charge is 0.138 e. The van der Waals surface area contributed by atoms with Crippen LogP contribution in [-0.4, -0.2) is 41.7 Å². The fourth-order valence-corrected chi connectivity index (χ4v) is 0. The minimum atomic E-state index is 0. The first-order chi connectivity index (χ1) is 3.83. The Kier molecular flexibility index (Phi) is 79.5. The molecule has 0 heterocycles. The van der Waals surface area contributed by atoms with E-state index in [4.69, 9.17) is 0 Å². The van der Waals surface area contributed by atoms with Crippen LogP contribution in [0.5, 0.6) is 0 Å². The molecule has 0 aromatic heterocycles. The van der Waals surface area contributed by atoms with E-state index in [0.717, 1.165) is 10.2 Å². The van der Waals surface area contributed by atoms with Gasteiger partial charge in [-0.2, -0.15) is 0 Å². The molecular weight excluding hydrogens is 184 g/mol. The molecule has 0 unspecified atom stereocenters. The lowest BCUT2D eigenvalue weighted by Gasteiger charge is -1.48. The number of hydrogen-bond acceptors (Lipinski definition) is 0. The van der Waals surface area contributed by atoms with Crippen LogP contribution < -0.4 is 0 Å². The molecular formula is C6H22Si4. The van der Waals surface area contributed by atoms with Crippen molar-refractivity contribution in [1.82, 2.24) is 0 Å². The second-order valence-electron chi connectivity index (χ2n) is 1.16. The Balaban J connectivity index is -0.0000000300. The van der Waals surface area contributed by atoms with Crippen molar-refractivity contribution < 1.29 is 0 Å². The van der Waals surface area contributed by atoms with Crippen LogP contribution in [0.1, 0.15) is 7.43 Å². The van der Waals surface area contributed by atoms with Crippen LogP contribution in [0.3, 0.4) is 0 Å². The molecule has 62 valence electrons. The fraction of sp³-hybridized carbons (Fsp3) is 0.167. The Morgan fingerprint density at radius 2 is 1.30 bits per heavy atom. The molecule has 0 fully saturated rings. The first-order valence-electron chi connectivity index (χ1n) is 2.71. The van der Waals surface area contributed by atoms with E-state index in [0.29, 0.717) is 0 Å². The summed E-state index contributed by atoms with van der Waals surface area (Å²) in [6.45, 7) is 3.33. The Labute approximate surface area is 78.8 Å². The lowest BCUT2D eigenvalue weighted by Crippen LogP contribution is -1.47. The molecule has 0 aliphatic rings. The van der Waals surface area contributed by atoms with E-state index in [1.54, 1.807) is 0 Å². The van der Waals surface area contributed by atoms with Gasteiger partial charge in [-0.15, -0.1) is 17.1 Å². The third-order valence-corrected chi connectivity index (χ3v) is 3.61. The van der Waals surface area contributed by atoms with Crippen LogP contribution in [0.2, 0.25) is 0 Å². The Hall–Kier alpha value is 0.128. The van der Waals surface area contributed by atoms with Gasteiger partial charge in [0.05, 0.1) is 0 Å². The maximum absolute atomic E-state index is 3.33. The van der Waals surface area contributed by atoms with Crippen LogP contribution in [0.4, 0.5) is 0 Å². The molecule has 10 heavy (non-hydrogen) atoms. The van der Waals surface area contributed by atoms with E-state index < -0.39 is 0 Å². The molecule has 0 saturated heterocycles. The molecule has 0 rings (SSSR count). The molecule has 4 heteroatoms. The number of hydrogen-bond donors (Lipinski definition) is 0. The van der Waals surface area contributed by atoms with Crippen molar-refractivity contribution in [2.45, 2.75) is 7.43 Å². The quantitative estimate of drug-likeness (QED) is 0.293. The molecule has 0 N–H and O–H groups in total. The van der Waals surface area contributed by atoms with E-state index >= 15 is 0 Å². The highest BCUT2D eigenvalue weighted by Gasteiger charge is 1.35. The molecule has 0 aromatic carbocycles. The van der Waals surface area contributed by atoms with Gasteiger partial charge in [0.2, 0.25) is 0 Å². The van der Waals surface area contributed by atoms with Crippen molar-refractivity contribution >= 4 is 41.7 Å². The van der Waals surface area contributed by atoms with E-state index in [-0.39, 0.29) is 18.4 Å². The average molecular weight is 207 g/mol. The molecule has 0 atom stereocenters. The van der Waals surface area contributed by atoms with Crippen LogP contribution in [0.25, 0.3) is 0 Å². The second kappa shape index (κ2) is 35.4. The fourth-order valence-electron chi connectivity index (χ4n) is 0.